The Hall–Kier alpha value is -4.19. The molecule has 0 unspecified atom stereocenters. The number of phenolic OH excluding ortho intramolecular Hbond substituents is 1. The maximum atomic E-state index is 12.2. The zero-order valence-corrected chi connectivity index (χ0v) is 13.0. The van der Waals surface area contributed by atoms with E-state index in [-0.39, 0.29) is 22.4 Å². The highest BCUT2D eigenvalue weighted by atomic mass is 16.6. The van der Waals surface area contributed by atoms with Crippen molar-refractivity contribution in [3.63, 3.8) is 0 Å². The molecule has 3 N–H and O–H groups in total. The fourth-order valence-electron chi connectivity index (χ4n) is 2.02. The largest absolute Gasteiger partial charge is 0.502 e. The van der Waals surface area contributed by atoms with Gasteiger partial charge >= 0.3 is 11.7 Å². The van der Waals surface area contributed by atoms with Crippen molar-refractivity contribution in [1.29, 1.82) is 5.26 Å². The Labute approximate surface area is 146 Å². The molecule has 0 aliphatic rings. The van der Waals surface area contributed by atoms with Crippen molar-refractivity contribution in [3.8, 4) is 11.8 Å². The van der Waals surface area contributed by atoms with Crippen LogP contribution in [-0.4, -0.2) is 27.0 Å². The lowest BCUT2D eigenvalue weighted by atomic mass is 10.1. The Morgan fingerprint density at radius 3 is 2.58 bits per heavy atom. The quantitative estimate of drug-likeness (QED) is 0.323. The number of aromatic hydroxyl groups is 1. The average molecular weight is 353 g/mol. The first-order chi connectivity index (χ1) is 12.3. The fraction of sp³-hybridized carbons (Fsp3) is 0. The highest BCUT2D eigenvalue weighted by molar-refractivity contribution is 6.10. The molecule has 2 aromatic carbocycles. The van der Waals surface area contributed by atoms with Crippen LogP contribution in [0, 0.1) is 21.4 Å². The van der Waals surface area contributed by atoms with Crippen LogP contribution in [0.1, 0.15) is 15.9 Å². The summed E-state index contributed by atoms with van der Waals surface area (Å²) in [6, 6.07) is 10.5. The van der Waals surface area contributed by atoms with Crippen molar-refractivity contribution in [2.75, 3.05) is 5.32 Å². The van der Waals surface area contributed by atoms with Crippen LogP contribution in [0.5, 0.6) is 5.75 Å². The second kappa shape index (κ2) is 7.59. The van der Waals surface area contributed by atoms with Crippen LogP contribution < -0.4 is 5.32 Å². The van der Waals surface area contributed by atoms with E-state index < -0.39 is 28.2 Å². The van der Waals surface area contributed by atoms with Gasteiger partial charge in [0.15, 0.2) is 5.75 Å². The van der Waals surface area contributed by atoms with E-state index in [1.165, 1.54) is 30.3 Å². The molecule has 0 radical (unpaired) electrons. The van der Waals surface area contributed by atoms with Crippen molar-refractivity contribution in [1.82, 2.24) is 0 Å². The third kappa shape index (κ3) is 4.21. The molecular formula is C17H11N3O6. The number of hydrogen-bond donors (Lipinski definition) is 3. The second-order valence-electron chi connectivity index (χ2n) is 5.02. The molecule has 0 heterocycles. The first-order valence-corrected chi connectivity index (χ1v) is 7.05. The third-order valence-corrected chi connectivity index (χ3v) is 3.24. The Morgan fingerprint density at radius 2 is 1.96 bits per heavy atom. The zero-order chi connectivity index (χ0) is 19.3. The predicted molar refractivity (Wildman–Crippen MR) is 90.4 cm³/mol. The minimum absolute atomic E-state index is 0.0422. The zero-order valence-electron chi connectivity index (χ0n) is 13.0. The molecule has 9 nitrogen and oxygen atoms in total. The van der Waals surface area contributed by atoms with Gasteiger partial charge in [0.1, 0.15) is 11.6 Å². The number of nitriles is 1. The summed E-state index contributed by atoms with van der Waals surface area (Å²) in [4.78, 5) is 33.1. The number of nitrogens with zero attached hydrogens (tertiary/aromatic N) is 2. The van der Waals surface area contributed by atoms with Gasteiger partial charge in [-0.1, -0.05) is 12.1 Å². The van der Waals surface area contributed by atoms with Gasteiger partial charge in [-0.05, 0) is 35.9 Å². The molecule has 2 aromatic rings. The average Bonchev–Trinajstić information content (AvgIpc) is 2.60. The van der Waals surface area contributed by atoms with E-state index >= 15 is 0 Å². The number of carbonyl (C=O) groups excluding carboxylic acids is 1. The van der Waals surface area contributed by atoms with Crippen LogP contribution >= 0.6 is 0 Å². The van der Waals surface area contributed by atoms with Gasteiger partial charge in [0.05, 0.1) is 10.5 Å². The molecule has 9 heteroatoms. The van der Waals surface area contributed by atoms with Gasteiger partial charge in [-0.15, -0.1) is 0 Å². The molecule has 2 rings (SSSR count). The number of nitro benzene ring substituents is 1. The maximum Gasteiger partial charge on any atom is 0.335 e. The Morgan fingerprint density at radius 1 is 1.23 bits per heavy atom. The van der Waals surface area contributed by atoms with Gasteiger partial charge in [-0.2, -0.15) is 5.26 Å². The minimum atomic E-state index is -1.17. The van der Waals surface area contributed by atoms with Gasteiger partial charge in [-0.3, -0.25) is 14.9 Å². The topological polar surface area (TPSA) is 154 Å². The number of nitro groups is 1. The molecule has 0 atom stereocenters. The number of anilines is 1. The van der Waals surface area contributed by atoms with Gasteiger partial charge in [0.25, 0.3) is 5.91 Å². The number of nitrogens with one attached hydrogen (secondary N) is 1. The SMILES string of the molecule is N#C/C(=C/c1ccc(O)c([N+](=O)[O-])c1)C(=O)Nc1cccc(C(=O)O)c1. The Bertz CT molecular complexity index is 975. The summed E-state index contributed by atoms with van der Waals surface area (Å²) < 4.78 is 0. The molecule has 0 saturated carbocycles. The van der Waals surface area contributed by atoms with Crippen molar-refractivity contribution in [2.45, 2.75) is 0 Å². The number of carboxylic acids is 1. The molecule has 0 spiro atoms. The number of carboxylic acid groups (broad SMARTS) is 1. The van der Waals surface area contributed by atoms with E-state index in [1.807, 2.05) is 0 Å². The van der Waals surface area contributed by atoms with E-state index in [0.717, 1.165) is 18.2 Å². The van der Waals surface area contributed by atoms with Crippen LogP contribution in [0.15, 0.2) is 48.0 Å². The summed E-state index contributed by atoms with van der Waals surface area (Å²) in [5.74, 6) is -2.53. The molecule has 0 fully saturated rings. The van der Waals surface area contributed by atoms with Crippen LogP contribution in [0.25, 0.3) is 6.08 Å². The lowest BCUT2D eigenvalue weighted by Crippen LogP contribution is -2.14. The number of amides is 1. The lowest BCUT2D eigenvalue weighted by molar-refractivity contribution is -0.385. The van der Waals surface area contributed by atoms with Crippen LogP contribution in [0.2, 0.25) is 0 Å². The van der Waals surface area contributed by atoms with Gasteiger partial charge in [0.2, 0.25) is 0 Å². The van der Waals surface area contributed by atoms with Crippen molar-refractivity contribution in [2.24, 2.45) is 0 Å². The summed E-state index contributed by atoms with van der Waals surface area (Å²) in [5.41, 5.74) is -0.621. The molecule has 0 saturated heterocycles. The molecule has 1 amide bonds. The molecule has 0 aromatic heterocycles. The highest BCUT2D eigenvalue weighted by Gasteiger charge is 2.15. The summed E-state index contributed by atoms with van der Waals surface area (Å²) in [6.07, 6.45) is 1.11. The number of rotatable bonds is 5. The van der Waals surface area contributed by atoms with Crippen molar-refractivity contribution >= 4 is 29.3 Å². The van der Waals surface area contributed by atoms with Crippen LogP contribution in [-0.2, 0) is 4.79 Å². The van der Waals surface area contributed by atoms with Crippen LogP contribution in [0.4, 0.5) is 11.4 Å². The summed E-state index contributed by atoms with van der Waals surface area (Å²) >= 11 is 0. The van der Waals surface area contributed by atoms with Gasteiger partial charge < -0.3 is 15.5 Å². The molecule has 26 heavy (non-hydrogen) atoms. The molecule has 0 aliphatic carbocycles. The van der Waals surface area contributed by atoms with E-state index in [0.29, 0.717) is 0 Å². The first-order valence-electron chi connectivity index (χ1n) is 7.05. The summed E-state index contributed by atoms with van der Waals surface area (Å²) in [5, 5.41) is 40.7. The molecule has 130 valence electrons. The molecular weight excluding hydrogens is 342 g/mol. The number of hydrogen-bond acceptors (Lipinski definition) is 6. The number of phenols is 1. The molecule has 0 bridgehead atoms. The first kappa shape index (κ1) is 18.2. The monoisotopic (exact) mass is 353 g/mol. The lowest BCUT2D eigenvalue weighted by Gasteiger charge is -2.05. The highest BCUT2D eigenvalue weighted by Crippen LogP contribution is 2.27. The van der Waals surface area contributed by atoms with Gasteiger partial charge in [0, 0.05) is 11.8 Å². The standard InChI is InChI=1S/C17H11N3O6/c18-9-12(6-10-4-5-15(21)14(7-10)20(25)26)16(22)19-13-3-1-2-11(8-13)17(23)24/h1-8,21H,(H,19,22)(H,23,24)/b12-6-. The van der Waals surface area contributed by atoms with E-state index in [9.17, 15) is 24.8 Å². The van der Waals surface area contributed by atoms with E-state index in [4.69, 9.17) is 10.4 Å². The fourth-order valence-corrected chi connectivity index (χ4v) is 2.02. The number of carbonyl (C=O) groups is 2. The molecule has 0 aliphatic heterocycles. The number of benzene rings is 2. The third-order valence-electron chi connectivity index (χ3n) is 3.24. The Balaban J connectivity index is 2.29. The van der Waals surface area contributed by atoms with Crippen LogP contribution in [0.3, 0.4) is 0 Å². The maximum absolute atomic E-state index is 12.2. The minimum Gasteiger partial charge on any atom is -0.502 e. The second-order valence-corrected chi connectivity index (χ2v) is 5.02. The summed E-state index contributed by atoms with van der Waals surface area (Å²) in [6.45, 7) is 0. The van der Waals surface area contributed by atoms with E-state index in [1.54, 1.807) is 6.07 Å². The predicted octanol–water partition coefficient (Wildman–Crippen LogP) is 2.54. The number of aromatic carboxylic acids is 1. The smallest absolute Gasteiger partial charge is 0.335 e. The van der Waals surface area contributed by atoms with Gasteiger partial charge in [-0.25, -0.2) is 4.79 Å². The van der Waals surface area contributed by atoms with E-state index in [2.05, 4.69) is 5.32 Å². The summed E-state index contributed by atoms with van der Waals surface area (Å²) in [7, 11) is 0. The van der Waals surface area contributed by atoms with Crippen molar-refractivity contribution < 1.29 is 24.7 Å². The Kier molecular flexibility index (Phi) is 5.30. The van der Waals surface area contributed by atoms with Crippen molar-refractivity contribution in [3.05, 3.63) is 69.3 Å². The normalized spacial score (nSPS) is 10.7.